The molecule has 0 atom stereocenters. The largest absolute Gasteiger partial charge is 0.335 e. The minimum absolute atomic E-state index is 0.307. The van der Waals surface area contributed by atoms with Gasteiger partial charge in [-0.3, -0.25) is 14.9 Å². The van der Waals surface area contributed by atoms with Crippen molar-refractivity contribution < 1.29 is 14.4 Å². The van der Waals surface area contributed by atoms with Crippen LogP contribution < -0.4 is 10.2 Å². The first-order chi connectivity index (χ1) is 7.58. The highest BCUT2D eigenvalue weighted by Gasteiger charge is 2.31. The lowest BCUT2D eigenvalue weighted by Gasteiger charge is -2.24. The van der Waals surface area contributed by atoms with E-state index in [1.807, 2.05) is 0 Å². The molecular formula is C10H7BrN2O3. The third kappa shape index (κ3) is 1.96. The second kappa shape index (κ2) is 4.05. The second-order valence-corrected chi connectivity index (χ2v) is 4.15. The predicted molar refractivity (Wildman–Crippen MR) is 59.8 cm³/mol. The molecule has 0 aromatic heterocycles. The average Bonchev–Trinajstić information content (AvgIpc) is 2.15. The van der Waals surface area contributed by atoms with Gasteiger partial charge in [-0.15, -0.1) is 0 Å². The predicted octanol–water partition coefficient (Wildman–Crippen LogP) is 1.42. The molecule has 2 rings (SSSR count). The Hall–Kier alpha value is -1.69. The van der Waals surface area contributed by atoms with Gasteiger partial charge in [-0.1, -0.05) is 22.0 Å². The third-order valence-electron chi connectivity index (χ3n) is 2.08. The van der Waals surface area contributed by atoms with Crippen molar-refractivity contribution in [2.24, 2.45) is 0 Å². The maximum atomic E-state index is 11.6. The van der Waals surface area contributed by atoms with E-state index < -0.39 is 17.8 Å². The van der Waals surface area contributed by atoms with E-state index in [1.54, 1.807) is 24.3 Å². The smallest absolute Gasteiger partial charge is 0.277 e. The van der Waals surface area contributed by atoms with Crippen LogP contribution in [0.3, 0.4) is 0 Å². The zero-order valence-electron chi connectivity index (χ0n) is 8.07. The molecule has 1 aromatic carbocycles. The number of nitrogens with zero attached hydrogens (tertiary/aromatic N) is 1. The molecule has 1 saturated heterocycles. The Kier molecular flexibility index (Phi) is 2.74. The van der Waals surface area contributed by atoms with Gasteiger partial charge in [0.25, 0.3) is 0 Å². The van der Waals surface area contributed by atoms with Gasteiger partial charge >= 0.3 is 6.03 Å². The van der Waals surface area contributed by atoms with E-state index in [1.165, 1.54) is 0 Å². The number of rotatable bonds is 1. The number of anilines is 1. The lowest BCUT2D eigenvalue weighted by molar-refractivity contribution is -0.128. The standard InChI is InChI=1S/C10H7BrN2O3/c11-6-2-1-3-7(4-6)13-9(15)5-8(14)12-10(13)16/h1-4H,5H2,(H,12,14,16). The number of barbiturate groups is 1. The van der Waals surface area contributed by atoms with Crippen molar-refractivity contribution in [3.63, 3.8) is 0 Å². The molecule has 0 spiro atoms. The van der Waals surface area contributed by atoms with Crippen molar-refractivity contribution in [1.82, 2.24) is 5.32 Å². The molecule has 5 nitrogen and oxygen atoms in total. The number of urea groups is 1. The van der Waals surface area contributed by atoms with E-state index >= 15 is 0 Å². The number of hydrogen-bond donors (Lipinski definition) is 1. The van der Waals surface area contributed by atoms with Gasteiger partial charge in [0.05, 0.1) is 5.69 Å². The van der Waals surface area contributed by atoms with E-state index in [0.717, 1.165) is 9.37 Å². The molecule has 0 radical (unpaired) electrons. The van der Waals surface area contributed by atoms with Gasteiger partial charge in [-0.2, -0.15) is 0 Å². The van der Waals surface area contributed by atoms with Crippen LogP contribution in [0.1, 0.15) is 6.42 Å². The summed E-state index contributed by atoms with van der Waals surface area (Å²) in [6.07, 6.45) is -0.307. The second-order valence-electron chi connectivity index (χ2n) is 3.24. The molecule has 1 fully saturated rings. The molecule has 16 heavy (non-hydrogen) atoms. The van der Waals surface area contributed by atoms with Crippen molar-refractivity contribution in [3.8, 4) is 0 Å². The summed E-state index contributed by atoms with van der Waals surface area (Å²) in [5, 5.41) is 2.09. The highest BCUT2D eigenvalue weighted by atomic mass is 79.9. The van der Waals surface area contributed by atoms with E-state index in [2.05, 4.69) is 21.2 Å². The molecule has 0 saturated carbocycles. The summed E-state index contributed by atoms with van der Waals surface area (Å²) in [4.78, 5) is 34.9. The first-order valence-corrected chi connectivity index (χ1v) is 5.29. The monoisotopic (exact) mass is 282 g/mol. The number of halogens is 1. The van der Waals surface area contributed by atoms with Crippen LogP contribution in [0.4, 0.5) is 10.5 Å². The Morgan fingerprint density at radius 1 is 1.25 bits per heavy atom. The Bertz CT molecular complexity index is 467. The zero-order chi connectivity index (χ0) is 11.7. The molecule has 1 heterocycles. The van der Waals surface area contributed by atoms with Crippen LogP contribution in [0.25, 0.3) is 0 Å². The highest BCUT2D eigenvalue weighted by molar-refractivity contribution is 9.10. The third-order valence-corrected chi connectivity index (χ3v) is 2.57. The fourth-order valence-corrected chi connectivity index (χ4v) is 1.81. The van der Waals surface area contributed by atoms with Crippen molar-refractivity contribution in [1.29, 1.82) is 0 Å². The molecular weight excluding hydrogens is 276 g/mol. The average molecular weight is 283 g/mol. The van der Waals surface area contributed by atoms with Gasteiger partial charge in [0, 0.05) is 4.47 Å². The maximum Gasteiger partial charge on any atom is 0.335 e. The summed E-state index contributed by atoms with van der Waals surface area (Å²) in [7, 11) is 0. The van der Waals surface area contributed by atoms with Crippen LogP contribution >= 0.6 is 15.9 Å². The van der Waals surface area contributed by atoms with Gasteiger partial charge < -0.3 is 0 Å². The molecule has 0 unspecified atom stereocenters. The van der Waals surface area contributed by atoms with E-state index in [-0.39, 0.29) is 6.42 Å². The Balaban J connectivity index is 2.36. The quantitative estimate of drug-likeness (QED) is 0.793. The van der Waals surface area contributed by atoms with E-state index in [9.17, 15) is 14.4 Å². The summed E-state index contributed by atoms with van der Waals surface area (Å²) < 4.78 is 0.752. The van der Waals surface area contributed by atoms with Gasteiger partial charge in [0.15, 0.2) is 0 Å². The molecule has 1 aliphatic heterocycles. The summed E-state index contributed by atoms with van der Waals surface area (Å²) in [5.41, 5.74) is 0.435. The fraction of sp³-hybridized carbons (Fsp3) is 0.100. The summed E-state index contributed by atoms with van der Waals surface area (Å²) in [5.74, 6) is -1.09. The van der Waals surface area contributed by atoms with Gasteiger partial charge in [0.1, 0.15) is 6.42 Å². The van der Waals surface area contributed by atoms with Crippen LogP contribution in [0.2, 0.25) is 0 Å². The zero-order valence-corrected chi connectivity index (χ0v) is 9.65. The van der Waals surface area contributed by atoms with Crippen LogP contribution in [-0.2, 0) is 9.59 Å². The van der Waals surface area contributed by atoms with Crippen LogP contribution in [-0.4, -0.2) is 17.8 Å². The normalized spacial score (nSPS) is 16.3. The number of nitrogens with one attached hydrogen (secondary N) is 1. The van der Waals surface area contributed by atoms with Gasteiger partial charge in [-0.25, -0.2) is 9.69 Å². The molecule has 1 aromatic rings. The van der Waals surface area contributed by atoms with Crippen LogP contribution in [0.5, 0.6) is 0 Å². The van der Waals surface area contributed by atoms with Gasteiger partial charge in [-0.05, 0) is 18.2 Å². The van der Waals surface area contributed by atoms with Crippen molar-refractivity contribution in [3.05, 3.63) is 28.7 Å². The van der Waals surface area contributed by atoms with Crippen LogP contribution in [0, 0.1) is 0 Å². The maximum absolute atomic E-state index is 11.6. The topological polar surface area (TPSA) is 66.5 Å². The number of imide groups is 2. The Labute approximate surface area is 99.5 Å². The number of amides is 4. The molecule has 1 aliphatic rings. The SMILES string of the molecule is O=C1CC(=O)N(c2cccc(Br)c2)C(=O)N1. The number of benzene rings is 1. The molecule has 0 bridgehead atoms. The Morgan fingerprint density at radius 3 is 2.62 bits per heavy atom. The van der Waals surface area contributed by atoms with Gasteiger partial charge in [0.2, 0.25) is 11.8 Å². The number of carbonyl (C=O) groups excluding carboxylic acids is 3. The summed E-state index contributed by atoms with van der Waals surface area (Å²) >= 11 is 3.24. The number of hydrogen-bond acceptors (Lipinski definition) is 3. The lowest BCUT2D eigenvalue weighted by Crippen LogP contribution is -2.52. The molecule has 1 N–H and O–H groups in total. The Morgan fingerprint density at radius 2 is 2.00 bits per heavy atom. The van der Waals surface area contributed by atoms with Crippen molar-refractivity contribution in [2.75, 3.05) is 4.90 Å². The first kappa shape index (κ1) is 10.8. The summed E-state index contributed by atoms with van der Waals surface area (Å²) in [6, 6.07) is 6.03. The molecule has 0 aliphatic carbocycles. The molecule has 4 amide bonds. The van der Waals surface area contributed by atoms with E-state index in [0.29, 0.717) is 5.69 Å². The highest BCUT2D eigenvalue weighted by Crippen LogP contribution is 2.22. The molecule has 82 valence electrons. The fourth-order valence-electron chi connectivity index (χ4n) is 1.43. The summed E-state index contributed by atoms with van der Waals surface area (Å²) in [6.45, 7) is 0. The van der Waals surface area contributed by atoms with E-state index in [4.69, 9.17) is 0 Å². The molecule has 6 heteroatoms. The minimum atomic E-state index is -0.709. The van der Waals surface area contributed by atoms with Crippen molar-refractivity contribution in [2.45, 2.75) is 6.42 Å². The number of carbonyl (C=O) groups is 3. The minimum Gasteiger partial charge on any atom is -0.277 e. The van der Waals surface area contributed by atoms with Crippen molar-refractivity contribution >= 4 is 39.5 Å². The lowest BCUT2D eigenvalue weighted by atomic mass is 10.2. The first-order valence-electron chi connectivity index (χ1n) is 4.50. The van der Waals surface area contributed by atoms with Crippen LogP contribution in [0.15, 0.2) is 28.7 Å².